The Morgan fingerprint density at radius 3 is 2.81 bits per heavy atom. The molecule has 0 fully saturated rings. The first-order chi connectivity index (χ1) is 12.4. The van der Waals surface area contributed by atoms with E-state index >= 15 is 0 Å². The zero-order valence-electron chi connectivity index (χ0n) is 15.3. The topological polar surface area (TPSA) is 67.9 Å². The SMILES string of the molecule is Cc1cccc(OCC(=O)Nc2ccc3c(c2)OC(C)C(=O)N3C)c1C. The fourth-order valence-corrected chi connectivity index (χ4v) is 2.82. The molecule has 1 unspecified atom stereocenters. The molecule has 1 aliphatic heterocycles. The zero-order valence-corrected chi connectivity index (χ0v) is 15.3. The van der Waals surface area contributed by atoms with E-state index in [0.717, 1.165) is 11.1 Å². The number of nitrogens with one attached hydrogen (secondary N) is 1. The molecule has 136 valence electrons. The number of hydrogen-bond donors (Lipinski definition) is 1. The lowest BCUT2D eigenvalue weighted by atomic mass is 10.1. The van der Waals surface area contributed by atoms with Crippen molar-refractivity contribution < 1.29 is 19.1 Å². The molecule has 0 radical (unpaired) electrons. The molecule has 3 rings (SSSR count). The number of nitrogens with zero attached hydrogens (tertiary/aromatic N) is 1. The summed E-state index contributed by atoms with van der Waals surface area (Å²) in [5.74, 6) is 0.895. The number of amides is 2. The van der Waals surface area contributed by atoms with Crippen LogP contribution in [0.5, 0.6) is 11.5 Å². The summed E-state index contributed by atoms with van der Waals surface area (Å²) >= 11 is 0. The molecular formula is C20H22N2O4. The van der Waals surface area contributed by atoms with Crippen molar-refractivity contribution in [3.8, 4) is 11.5 Å². The van der Waals surface area contributed by atoms with Gasteiger partial charge in [0, 0.05) is 18.8 Å². The highest BCUT2D eigenvalue weighted by atomic mass is 16.5. The molecule has 1 atom stereocenters. The van der Waals surface area contributed by atoms with Gasteiger partial charge in [0.15, 0.2) is 12.7 Å². The summed E-state index contributed by atoms with van der Waals surface area (Å²) in [6.07, 6.45) is -0.550. The summed E-state index contributed by atoms with van der Waals surface area (Å²) < 4.78 is 11.2. The van der Waals surface area contributed by atoms with Crippen LogP contribution in [0.15, 0.2) is 36.4 Å². The van der Waals surface area contributed by atoms with Gasteiger partial charge in [0.1, 0.15) is 11.5 Å². The van der Waals surface area contributed by atoms with Gasteiger partial charge >= 0.3 is 0 Å². The first-order valence-electron chi connectivity index (χ1n) is 8.44. The standard InChI is InChI=1S/C20H22N2O4/c1-12-6-5-7-17(13(12)2)25-11-19(23)21-15-8-9-16-18(10-15)26-14(3)20(24)22(16)4/h5-10,14H,11H2,1-4H3,(H,21,23). The maximum atomic E-state index is 12.2. The molecule has 2 aromatic carbocycles. The summed E-state index contributed by atoms with van der Waals surface area (Å²) in [6, 6.07) is 10.9. The van der Waals surface area contributed by atoms with Crippen molar-refractivity contribution in [2.45, 2.75) is 26.9 Å². The number of ether oxygens (including phenoxy) is 2. The fraction of sp³-hybridized carbons (Fsp3) is 0.300. The van der Waals surface area contributed by atoms with Crippen LogP contribution in [-0.2, 0) is 9.59 Å². The van der Waals surface area contributed by atoms with Crippen LogP contribution in [0.4, 0.5) is 11.4 Å². The molecule has 0 aromatic heterocycles. The number of fused-ring (bicyclic) bond motifs is 1. The molecule has 6 nitrogen and oxygen atoms in total. The highest BCUT2D eigenvalue weighted by Gasteiger charge is 2.28. The molecule has 0 saturated carbocycles. The molecule has 1 heterocycles. The smallest absolute Gasteiger partial charge is 0.267 e. The lowest BCUT2D eigenvalue weighted by Gasteiger charge is -2.30. The molecule has 1 N–H and O–H groups in total. The van der Waals surface area contributed by atoms with Gasteiger partial charge in [-0.25, -0.2) is 0 Å². The van der Waals surface area contributed by atoms with Crippen molar-refractivity contribution in [2.75, 3.05) is 23.9 Å². The van der Waals surface area contributed by atoms with Crippen LogP contribution in [-0.4, -0.2) is 31.6 Å². The lowest BCUT2D eigenvalue weighted by molar-refractivity contribution is -0.125. The molecule has 6 heteroatoms. The Labute approximate surface area is 152 Å². The van der Waals surface area contributed by atoms with Crippen LogP contribution in [0, 0.1) is 13.8 Å². The third kappa shape index (κ3) is 3.49. The van der Waals surface area contributed by atoms with E-state index in [0.29, 0.717) is 22.9 Å². The van der Waals surface area contributed by atoms with Crippen molar-refractivity contribution in [1.29, 1.82) is 0 Å². The molecule has 0 saturated heterocycles. The van der Waals surface area contributed by atoms with Crippen LogP contribution in [0.25, 0.3) is 0 Å². The van der Waals surface area contributed by atoms with Gasteiger partial charge in [0.2, 0.25) is 0 Å². The first kappa shape index (κ1) is 17.8. The average Bonchev–Trinajstić information content (AvgIpc) is 2.61. The summed E-state index contributed by atoms with van der Waals surface area (Å²) in [5, 5.41) is 2.79. The fourth-order valence-electron chi connectivity index (χ4n) is 2.82. The first-order valence-corrected chi connectivity index (χ1v) is 8.44. The minimum absolute atomic E-state index is 0.0863. The maximum Gasteiger partial charge on any atom is 0.267 e. The second kappa shape index (κ2) is 7.07. The number of carbonyl (C=O) groups excluding carboxylic acids is 2. The third-order valence-electron chi connectivity index (χ3n) is 4.50. The van der Waals surface area contributed by atoms with Crippen molar-refractivity contribution in [3.05, 3.63) is 47.5 Å². The zero-order chi connectivity index (χ0) is 18.8. The number of anilines is 2. The van der Waals surface area contributed by atoms with E-state index in [9.17, 15) is 9.59 Å². The van der Waals surface area contributed by atoms with Crippen LogP contribution in [0.1, 0.15) is 18.1 Å². The molecule has 26 heavy (non-hydrogen) atoms. The molecule has 0 spiro atoms. The number of benzene rings is 2. The Bertz CT molecular complexity index is 863. The molecule has 2 amide bonds. The minimum atomic E-state index is -0.550. The van der Waals surface area contributed by atoms with Gasteiger partial charge in [-0.2, -0.15) is 0 Å². The number of carbonyl (C=O) groups is 2. The van der Waals surface area contributed by atoms with Crippen molar-refractivity contribution in [2.24, 2.45) is 0 Å². The van der Waals surface area contributed by atoms with E-state index in [4.69, 9.17) is 9.47 Å². The Morgan fingerprint density at radius 2 is 2.04 bits per heavy atom. The second-order valence-electron chi connectivity index (χ2n) is 6.37. The van der Waals surface area contributed by atoms with Crippen molar-refractivity contribution in [3.63, 3.8) is 0 Å². The number of hydrogen-bond acceptors (Lipinski definition) is 4. The predicted molar refractivity (Wildman–Crippen MR) is 100.0 cm³/mol. The summed E-state index contributed by atoms with van der Waals surface area (Å²) in [6.45, 7) is 5.57. The number of rotatable bonds is 4. The largest absolute Gasteiger partial charge is 0.483 e. The van der Waals surface area contributed by atoms with Crippen molar-refractivity contribution in [1.82, 2.24) is 0 Å². The van der Waals surface area contributed by atoms with E-state index in [1.54, 1.807) is 37.1 Å². The lowest BCUT2D eigenvalue weighted by Crippen LogP contribution is -2.41. The van der Waals surface area contributed by atoms with E-state index in [-0.39, 0.29) is 18.4 Å². The molecule has 0 bridgehead atoms. The molecule has 0 aliphatic carbocycles. The highest BCUT2D eigenvalue weighted by molar-refractivity contribution is 6.00. The van der Waals surface area contributed by atoms with Gasteiger partial charge in [-0.1, -0.05) is 12.1 Å². The van der Waals surface area contributed by atoms with Gasteiger partial charge in [0.05, 0.1) is 5.69 Å². The van der Waals surface area contributed by atoms with E-state index < -0.39 is 6.10 Å². The maximum absolute atomic E-state index is 12.2. The van der Waals surface area contributed by atoms with Gasteiger partial charge in [-0.15, -0.1) is 0 Å². The molecule has 2 aromatic rings. The predicted octanol–water partition coefficient (Wildman–Crippen LogP) is 3.06. The van der Waals surface area contributed by atoms with Crippen LogP contribution in [0.3, 0.4) is 0 Å². The molecular weight excluding hydrogens is 332 g/mol. The summed E-state index contributed by atoms with van der Waals surface area (Å²) in [5.41, 5.74) is 3.40. The molecule has 1 aliphatic rings. The summed E-state index contributed by atoms with van der Waals surface area (Å²) in [7, 11) is 1.70. The van der Waals surface area contributed by atoms with Crippen LogP contribution < -0.4 is 19.7 Å². The highest BCUT2D eigenvalue weighted by Crippen LogP contribution is 2.35. The van der Waals surface area contributed by atoms with E-state index in [1.807, 2.05) is 32.0 Å². The van der Waals surface area contributed by atoms with Gasteiger partial charge in [-0.05, 0) is 50.1 Å². The van der Waals surface area contributed by atoms with Crippen molar-refractivity contribution >= 4 is 23.2 Å². The van der Waals surface area contributed by atoms with E-state index in [2.05, 4.69) is 5.32 Å². The summed E-state index contributed by atoms with van der Waals surface area (Å²) in [4.78, 5) is 25.7. The Balaban J connectivity index is 1.66. The quantitative estimate of drug-likeness (QED) is 0.916. The normalized spacial score (nSPS) is 15.9. The van der Waals surface area contributed by atoms with Gasteiger partial charge < -0.3 is 19.7 Å². The van der Waals surface area contributed by atoms with Crippen LogP contribution in [0.2, 0.25) is 0 Å². The van der Waals surface area contributed by atoms with Crippen LogP contribution >= 0.6 is 0 Å². The minimum Gasteiger partial charge on any atom is -0.483 e. The Kier molecular flexibility index (Phi) is 4.84. The monoisotopic (exact) mass is 354 g/mol. The van der Waals surface area contributed by atoms with E-state index in [1.165, 1.54) is 0 Å². The van der Waals surface area contributed by atoms with Gasteiger partial charge in [0.25, 0.3) is 11.8 Å². The second-order valence-corrected chi connectivity index (χ2v) is 6.37. The Hall–Kier alpha value is -3.02. The Morgan fingerprint density at radius 1 is 1.27 bits per heavy atom. The van der Waals surface area contributed by atoms with Gasteiger partial charge in [-0.3, -0.25) is 9.59 Å². The third-order valence-corrected chi connectivity index (χ3v) is 4.50. The average molecular weight is 354 g/mol. The number of aryl methyl sites for hydroxylation is 1. The number of likely N-dealkylation sites (N-methyl/N-ethyl adjacent to an activating group) is 1.